The average molecular weight is 376 g/mol. The van der Waals surface area contributed by atoms with Crippen LogP contribution in [0.1, 0.15) is 45.4 Å². The van der Waals surface area contributed by atoms with Crippen LogP contribution >= 0.6 is 0 Å². The van der Waals surface area contributed by atoms with Crippen molar-refractivity contribution in [2.75, 3.05) is 18.1 Å². The molecular formula is C11H22Na2O7S2. The molecule has 7 nitrogen and oxygen atoms in total. The molecule has 0 aromatic carbocycles. The Balaban J connectivity index is -0.00000180. The minimum Gasteiger partial charge on any atom is -0.748 e. The summed E-state index contributed by atoms with van der Waals surface area (Å²) in [5, 5.41) is 0. The summed E-state index contributed by atoms with van der Waals surface area (Å²) in [6.45, 7) is 2.24. The molecule has 0 atom stereocenters. The van der Waals surface area contributed by atoms with Gasteiger partial charge in [-0.2, -0.15) is 0 Å². The third kappa shape index (κ3) is 21.8. The van der Waals surface area contributed by atoms with Crippen LogP contribution in [0.15, 0.2) is 0 Å². The van der Waals surface area contributed by atoms with Crippen molar-refractivity contribution in [1.82, 2.24) is 0 Å². The molecule has 0 aromatic heterocycles. The summed E-state index contributed by atoms with van der Waals surface area (Å²) in [6.07, 6.45) is 4.52. The molecule has 0 saturated carbocycles. The van der Waals surface area contributed by atoms with E-state index in [1.165, 1.54) is 0 Å². The molecule has 0 aliphatic rings. The Morgan fingerprint density at radius 2 is 1.23 bits per heavy atom. The van der Waals surface area contributed by atoms with Crippen molar-refractivity contribution in [3.05, 3.63) is 0 Å². The van der Waals surface area contributed by atoms with Crippen molar-refractivity contribution >= 4 is 20.2 Å². The zero-order valence-electron chi connectivity index (χ0n) is 13.6. The summed E-state index contributed by atoms with van der Waals surface area (Å²) in [5.74, 6) is -1.99. The van der Waals surface area contributed by atoms with Gasteiger partial charge in [0.25, 0.3) is 0 Å². The van der Waals surface area contributed by atoms with Crippen molar-refractivity contribution < 1.29 is 89.8 Å². The van der Waals surface area contributed by atoms with Crippen molar-refractivity contribution in [2.45, 2.75) is 51.6 Å². The smallest absolute Gasteiger partial charge is 0.748 e. The molecule has 0 N–H and O–H groups in total. The van der Waals surface area contributed by atoms with Crippen LogP contribution in [0.25, 0.3) is 0 Å². The van der Waals surface area contributed by atoms with Gasteiger partial charge in [-0.1, -0.05) is 39.0 Å². The topological polar surface area (TPSA) is 124 Å². The molecule has 0 aliphatic carbocycles. The zero-order chi connectivity index (χ0) is 15.6. The molecule has 22 heavy (non-hydrogen) atoms. The van der Waals surface area contributed by atoms with E-state index in [-0.39, 0.29) is 65.7 Å². The Morgan fingerprint density at radius 1 is 0.818 bits per heavy atom. The summed E-state index contributed by atoms with van der Waals surface area (Å²) in [7, 11) is -9.26. The quantitative estimate of drug-likeness (QED) is 0.189. The monoisotopic (exact) mass is 376 g/mol. The SMILES string of the molecule is CCCCCCCCOC(CS(=O)(=O)[O-])CS(=O)(=O)[O-].[Na+].[Na+]. The van der Waals surface area contributed by atoms with Crippen molar-refractivity contribution in [2.24, 2.45) is 0 Å². The van der Waals surface area contributed by atoms with Crippen LogP contribution in [-0.2, 0) is 25.0 Å². The van der Waals surface area contributed by atoms with E-state index < -0.39 is 37.8 Å². The molecule has 11 heteroatoms. The second-order valence-corrected chi connectivity index (χ2v) is 7.61. The van der Waals surface area contributed by atoms with E-state index in [4.69, 9.17) is 4.74 Å². The fourth-order valence-corrected chi connectivity index (χ4v) is 3.22. The van der Waals surface area contributed by atoms with E-state index in [2.05, 4.69) is 6.92 Å². The van der Waals surface area contributed by atoms with Crippen molar-refractivity contribution in [3.63, 3.8) is 0 Å². The summed E-state index contributed by atoms with van der Waals surface area (Å²) in [5.41, 5.74) is 0. The van der Waals surface area contributed by atoms with Gasteiger partial charge in [0.05, 0.1) is 37.8 Å². The zero-order valence-corrected chi connectivity index (χ0v) is 19.2. The van der Waals surface area contributed by atoms with E-state index in [0.29, 0.717) is 6.42 Å². The first kappa shape index (κ1) is 28.6. The summed E-state index contributed by atoms with van der Waals surface area (Å²) >= 11 is 0. The van der Waals surface area contributed by atoms with Gasteiger partial charge in [-0.05, 0) is 6.42 Å². The van der Waals surface area contributed by atoms with Crippen LogP contribution in [-0.4, -0.2) is 50.2 Å². The van der Waals surface area contributed by atoms with Gasteiger partial charge in [0.2, 0.25) is 0 Å². The Morgan fingerprint density at radius 3 is 1.64 bits per heavy atom. The maximum Gasteiger partial charge on any atom is 1.00 e. The third-order valence-corrected chi connectivity index (χ3v) is 4.19. The van der Waals surface area contributed by atoms with E-state index in [1.807, 2.05) is 0 Å². The molecule has 0 rings (SSSR count). The van der Waals surface area contributed by atoms with Gasteiger partial charge < -0.3 is 13.8 Å². The van der Waals surface area contributed by atoms with E-state index >= 15 is 0 Å². The predicted octanol–water partition coefficient (Wildman–Crippen LogP) is -5.17. The molecular weight excluding hydrogens is 354 g/mol. The maximum atomic E-state index is 10.6. The molecule has 0 unspecified atom stereocenters. The fourth-order valence-electron chi connectivity index (χ4n) is 1.73. The maximum absolute atomic E-state index is 10.6. The van der Waals surface area contributed by atoms with Gasteiger partial charge in [-0.15, -0.1) is 0 Å². The molecule has 0 aliphatic heterocycles. The van der Waals surface area contributed by atoms with Crippen molar-refractivity contribution in [1.29, 1.82) is 0 Å². The normalized spacial score (nSPS) is 11.8. The first-order valence-corrected chi connectivity index (χ1v) is 9.78. The number of rotatable bonds is 12. The van der Waals surface area contributed by atoms with Gasteiger partial charge in [-0.3, -0.25) is 0 Å². The van der Waals surface area contributed by atoms with Crippen LogP contribution in [0.2, 0.25) is 0 Å². The molecule has 0 radical (unpaired) electrons. The van der Waals surface area contributed by atoms with Crippen LogP contribution < -0.4 is 59.1 Å². The first-order chi connectivity index (χ1) is 9.14. The first-order valence-electron chi connectivity index (χ1n) is 6.63. The van der Waals surface area contributed by atoms with Gasteiger partial charge in [0.15, 0.2) is 0 Å². The Kier molecular flexibility index (Phi) is 19.6. The fraction of sp³-hybridized carbons (Fsp3) is 1.00. The van der Waals surface area contributed by atoms with Crippen LogP contribution in [0.3, 0.4) is 0 Å². The molecule has 0 fully saturated rings. The Bertz CT molecular complexity index is 417. The molecule has 0 saturated heterocycles. The van der Waals surface area contributed by atoms with Crippen molar-refractivity contribution in [3.8, 4) is 0 Å². The number of hydrogen-bond acceptors (Lipinski definition) is 7. The van der Waals surface area contributed by atoms with Crippen LogP contribution in [0.4, 0.5) is 0 Å². The van der Waals surface area contributed by atoms with E-state index in [1.54, 1.807) is 0 Å². The molecule has 0 spiro atoms. The second-order valence-electron chi connectivity index (χ2n) is 4.71. The van der Waals surface area contributed by atoms with E-state index in [9.17, 15) is 25.9 Å². The van der Waals surface area contributed by atoms with Crippen LogP contribution in [0, 0.1) is 0 Å². The van der Waals surface area contributed by atoms with E-state index in [0.717, 1.165) is 32.1 Å². The molecule has 0 bridgehead atoms. The van der Waals surface area contributed by atoms with Gasteiger partial charge in [-0.25, -0.2) is 16.8 Å². The minimum atomic E-state index is -4.63. The number of ether oxygens (including phenoxy) is 1. The standard InChI is InChI=1S/C11H24O7S2.2Na/c1-2-3-4-5-6-7-8-18-11(9-19(12,13)14)10-20(15,16)17;;/h11H,2-10H2,1H3,(H,12,13,14)(H,15,16,17);;/q;2*+1/p-2. The average Bonchev–Trinajstić information content (AvgIpc) is 2.23. The largest absolute Gasteiger partial charge is 1.00 e. The van der Waals surface area contributed by atoms with Gasteiger partial charge >= 0.3 is 59.1 Å². The van der Waals surface area contributed by atoms with Gasteiger partial charge in [0.1, 0.15) is 0 Å². The molecule has 122 valence electrons. The van der Waals surface area contributed by atoms with Crippen LogP contribution in [0.5, 0.6) is 0 Å². The number of unbranched alkanes of at least 4 members (excludes halogenated alkanes) is 5. The summed E-state index contributed by atoms with van der Waals surface area (Å²) in [4.78, 5) is 0. The summed E-state index contributed by atoms with van der Waals surface area (Å²) < 4.78 is 68.7. The molecule has 0 amide bonds. The number of hydrogen-bond donors (Lipinski definition) is 0. The summed E-state index contributed by atoms with van der Waals surface area (Å²) in [6, 6.07) is 0. The molecule has 0 aromatic rings. The predicted molar refractivity (Wildman–Crippen MR) is 72.2 cm³/mol. The minimum absolute atomic E-state index is 0. The molecule has 0 heterocycles. The third-order valence-electron chi connectivity index (χ3n) is 2.63. The second kappa shape index (κ2) is 15.1. The van der Waals surface area contributed by atoms with Gasteiger partial charge in [0, 0.05) is 6.61 Å². The Hall–Kier alpha value is 1.78. The Labute approximate surface area is 178 Å².